The van der Waals surface area contributed by atoms with Crippen LogP contribution >= 0.6 is 0 Å². The first-order chi connectivity index (χ1) is 11.7. The third kappa shape index (κ3) is 4.73. The van der Waals surface area contributed by atoms with Gasteiger partial charge in [0, 0.05) is 6.04 Å². The fraction of sp³-hybridized carbons (Fsp3) is 0.294. The maximum absolute atomic E-state index is 12.6. The van der Waals surface area contributed by atoms with Crippen molar-refractivity contribution in [1.29, 1.82) is 0 Å². The summed E-state index contributed by atoms with van der Waals surface area (Å²) in [6.45, 7) is 1.81. The molecule has 0 aliphatic carbocycles. The molecular formula is C17H18F3NO3S. The van der Waals surface area contributed by atoms with E-state index in [0.717, 1.165) is 29.8 Å². The second-order valence-electron chi connectivity index (χ2n) is 5.38. The number of sulfonamides is 1. The molecule has 25 heavy (non-hydrogen) atoms. The zero-order valence-corrected chi connectivity index (χ0v) is 14.5. The number of ether oxygens (including phenoxy) is 1. The van der Waals surface area contributed by atoms with Crippen molar-refractivity contribution >= 4 is 10.0 Å². The van der Waals surface area contributed by atoms with Gasteiger partial charge in [0.1, 0.15) is 5.75 Å². The first-order valence-electron chi connectivity index (χ1n) is 7.51. The molecule has 0 radical (unpaired) electrons. The van der Waals surface area contributed by atoms with Gasteiger partial charge in [0.25, 0.3) is 0 Å². The highest BCUT2D eigenvalue weighted by Crippen LogP contribution is 2.30. The van der Waals surface area contributed by atoms with Gasteiger partial charge in [0.05, 0.1) is 17.6 Å². The summed E-state index contributed by atoms with van der Waals surface area (Å²) in [5.74, 6) is 0.643. The summed E-state index contributed by atoms with van der Waals surface area (Å²) in [6, 6.07) is 9.81. The number of rotatable bonds is 6. The highest BCUT2D eigenvalue weighted by Gasteiger charge is 2.31. The van der Waals surface area contributed by atoms with Gasteiger partial charge in [-0.25, -0.2) is 13.1 Å². The van der Waals surface area contributed by atoms with Crippen LogP contribution in [-0.2, 0) is 16.2 Å². The van der Waals surface area contributed by atoms with Crippen molar-refractivity contribution in [3.63, 3.8) is 0 Å². The minimum atomic E-state index is -4.51. The molecule has 8 heteroatoms. The maximum Gasteiger partial charge on any atom is 0.416 e. The largest absolute Gasteiger partial charge is 0.497 e. The molecule has 136 valence electrons. The molecule has 0 unspecified atom stereocenters. The molecule has 1 N–H and O–H groups in total. The van der Waals surface area contributed by atoms with E-state index in [2.05, 4.69) is 4.72 Å². The summed E-state index contributed by atoms with van der Waals surface area (Å²) in [5, 5.41) is 0. The van der Waals surface area contributed by atoms with Crippen LogP contribution in [0.5, 0.6) is 5.75 Å². The van der Waals surface area contributed by atoms with Crippen LogP contribution in [0.1, 0.15) is 30.5 Å². The van der Waals surface area contributed by atoms with E-state index < -0.39 is 27.8 Å². The summed E-state index contributed by atoms with van der Waals surface area (Å²) in [5.41, 5.74) is -0.160. The third-order valence-electron chi connectivity index (χ3n) is 3.72. The quantitative estimate of drug-likeness (QED) is 0.828. The van der Waals surface area contributed by atoms with Gasteiger partial charge in [0.2, 0.25) is 10.0 Å². The van der Waals surface area contributed by atoms with E-state index in [1.165, 1.54) is 7.11 Å². The van der Waals surface area contributed by atoms with Crippen LogP contribution in [0.25, 0.3) is 0 Å². The molecular weight excluding hydrogens is 355 g/mol. The Morgan fingerprint density at radius 2 is 1.60 bits per heavy atom. The van der Waals surface area contributed by atoms with Crippen LogP contribution in [0.15, 0.2) is 53.4 Å². The van der Waals surface area contributed by atoms with E-state index in [1.807, 2.05) is 6.92 Å². The van der Waals surface area contributed by atoms with Gasteiger partial charge in [-0.05, 0) is 48.4 Å². The summed E-state index contributed by atoms with van der Waals surface area (Å²) < 4.78 is 70.2. The number of hydrogen-bond donors (Lipinski definition) is 1. The van der Waals surface area contributed by atoms with Gasteiger partial charge in [0.15, 0.2) is 0 Å². The fourth-order valence-corrected chi connectivity index (χ4v) is 3.61. The van der Waals surface area contributed by atoms with Crippen molar-refractivity contribution in [3.05, 3.63) is 59.7 Å². The molecule has 0 spiro atoms. The molecule has 0 fully saturated rings. The lowest BCUT2D eigenvalue weighted by Gasteiger charge is -2.18. The first kappa shape index (κ1) is 19.3. The average Bonchev–Trinajstić information content (AvgIpc) is 2.59. The fourth-order valence-electron chi connectivity index (χ4n) is 2.30. The Hall–Kier alpha value is -2.06. The molecule has 0 bridgehead atoms. The van der Waals surface area contributed by atoms with Crippen molar-refractivity contribution in [2.24, 2.45) is 0 Å². The number of nitrogens with one attached hydrogen (secondary N) is 1. The van der Waals surface area contributed by atoms with Crippen LogP contribution in [0.3, 0.4) is 0 Å². The van der Waals surface area contributed by atoms with Crippen LogP contribution in [-0.4, -0.2) is 15.5 Å². The Kier molecular flexibility index (Phi) is 5.74. The highest BCUT2D eigenvalue weighted by molar-refractivity contribution is 7.89. The van der Waals surface area contributed by atoms with Crippen molar-refractivity contribution in [2.45, 2.75) is 30.5 Å². The molecule has 0 saturated heterocycles. The molecule has 0 aliphatic rings. The second kappa shape index (κ2) is 7.45. The van der Waals surface area contributed by atoms with Gasteiger partial charge >= 0.3 is 6.18 Å². The maximum atomic E-state index is 12.6. The Morgan fingerprint density at radius 1 is 1.04 bits per heavy atom. The van der Waals surface area contributed by atoms with Gasteiger partial charge in [-0.3, -0.25) is 0 Å². The predicted molar refractivity (Wildman–Crippen MR) is 87.8 cm³/mol. The zero-order valence-electron chi connectivity index (χ0n) is 13.7. The molecule has 1 atom stereocenters. The van der Waals surface area contributed by atoms with Crippen LogP contribution in [0.4, 0.5) is 13.2 Å². The minimum Gasteiger partial charge on any atom is -0.497 e. The molecule has 0 aromatic heterocycles. The summed E-state index contributed by atoms with van der Waals surface area (Å²) >= 11 is 0. The molecule has 0 aliphatic heterocycles. The Labute approximate surface area is 144 Å². The number of hydrogen-bond acceptors (Lipinski definition) is 3. The molecule has 4 nitrogen and oxygen atoms in total. The Bertz CT molecular complexity index is 801. The SMILES string of the molecule is CC[C@@H](NS(=O)(=O)c1ccc(C(F)(F)F)cc1)c1ccc(OC)cc1. The van der Waals surface area contributed by atoms with E-state index in [4.69, 9.17) is 4.74 Å². The lowest BCUT2D eigenvalue weighted by Crippen LogP contribution is -2.28. The number of methoxy groups -OCH3 is 1. The van der Waals surface area contributed by atoms with E-state index >= 15 is 0 Å². The monoisotopic (exact) mass is 373 g/mol. The van der Waals surface area contributed by atoms with Crippen molar-refractivity contribution < 1.29 is 26.3 Å². The van der Waals surface area contributed by atoms with Crippen molar-refractivity contribution in [1.82, 2.24) is 4.72 Å². The Balaban J connectivity index is 2.23. The van der Waals surface area contributed by atoms with Crippen LogP contribution in [0.2, 0.25) is 0 Å². The van der Waals surface area contributed by atoms with Crippen molar-refractivity contribution in [3.8, 4) is 5.75 Å². The normalized spacial score (nSPS) is 13.5. The number of halogens is 3. The molecule has 2 aromatic carbocycles. The molecule has 0 amide bonds. The van der Waals surface area contributed by atoms with E-state index in [1.54, 1.807) is 24.3 Å². The topological polar surface area (TPSA) is 55.4 Å². The van der Waals surface area contributed by atoms with Crippen LogP contribution < -0.4 is 9.46 Å². The van der Waals surface area contributed by atoms with Gasteiger partial charge in [-0.1, -0.05) is 19.1 Å². The third-order valence-corrected chi connectivity index (χ3v) is 5.20. The van der Waals surface area contributed by atoms with Gasteiger partial charge < -0.3 is 4.74 Å². The number of benzene rings is 2. The van der Waals surface area contributed by atoms with E-state index in [0.29, 0.717) is 12.2 Å². The molecule has 2 rings (SSSR count). The summed E-state index contributed by atoms with van der Waals surface area (Å²) in [7, 11) is -2.42. The predicted octanol–water partition coefficient (Wildman–Crippen LogP) is 4.14. The van der Waals surface area contributed by atoms with E-state index in [-0.39, 0.29) is 4.90 Å². The smallest absolute Gasteiger partial charge is 0.416 e. The molecule has 2 aromatic rings. The van der Waals surface area contributed by atoms with Crippen molar-refractivity contribution in [2.75, 3.05) is 7.11 Å². The summed E-state index contributed by atoms with van der Waals surface area (Å²) in [6.07, 6.45) is -4.03. The molecule has 0 heterocycles. The Morgan fingerprint density at radius 3 is 2.04 bits per heavy atom. The average molecular weight is 373 g/mol. The minimum absolute atomic E-state index is 0.215. The van der Waals surface area contributed by atoms with Gasteiger partial charge in [-0.15, -0.1) is 0 Å². The van der Waals surface area contributed by atoms with Gasteiger partial charge in [-0.2, -0.15) is 13.2 Å². The highest BCUT2D eigenvalue weighted by atomic mass is 32.2. The lowest BCUT2D eigenvalue weighted by atomic mass is 10.1. The molecule has 0 saturated carbocycles. The van der Waals surface area contributed by atoms with Crippen LogP contribution in [0, 0.1) is 0 Å². The first-order valence-corrected chi connectivity index (χ1v) is 8.99. The lowest BCUT2D eigenvalue weighted by molar-refractivity contribution is -0.137. The van der Waals surface area contributed by atoms with E-state index in [9.17, 15) is 21.6 Å². The number of alkyl halides is 3. The summed E-state index contributed by atoms with van der Waals surface area (Å²) in [4.78, 5) is -0.215. The zero-order chi connectivity index (χ0) is 18.7. The second-order valence-corrected chi connectivity index (χ2v) is 7.09. The standard InChI is InChI=1S/C17H18F3NO3S/c1-3-16(12-4-8-14(24-2)9-5-12)21-25(22,23)15-10-6-13(7-11-15)17(18,19)20/h4-11,16,21H,3H2,1-2H3/t16-/m1/s1.